The molecule has 0 heterocycles. The van der Waals surface area contributed by atoms with Crippen LogP contribution in [0.1, 0.15) is 21.5 Å². The molecule has 0 unspecified atom stereocenters. The Morgan fingerprint density at radius 1 is 1.05 bits per heavy atom. The van der Waals surface area contributed by atoms with E-state index in [-0.39, 0.29) is 11.3 Å². The number of nitrogens with two attached hydrogens (primary N) is 1. The summed E-state index contributed by atoms with van der Waals surface area (Å²) in [7, 11) is 0. The van der Waals surface area contributed by atoms with Crippen molar-refractivity contribution >= 4 is 11.5 Å². The fourth-order valence-electron chi connectivity index (χ4n) is 1.83. The average molecular weight is 265 g/mol. The predicted molar refractivity (Wildman–Crippen MR) is 65.3 cm³/mol. The van der Waals surface area contributed by atoms with Crippen LogP contribution in [0.4, 0.5) is 18.9 Å². The Morgan fingerprint density at radius 3 is 2.32 bits per heavy atom. The van der Waals surface area contributed by atoms with Gasteiger partial charge in [0.05, 0.1) is 5.56 Å². The number of carbonyl (C=O) groups is 1. The summed E-state index contributed by atoms with van der Waals surface area (Å²) in [6.07, 6.45) is 0. The van der Waals surface area contributed by atoms with Crippen molar-refractivity contribution in [1.82, 2.24) is 0 Å². The Morgan fingerprint density at radius 2 is 1.68 bits per heavy atom. The molecule has 0 fully saturated rings. The predicted octanol–water partition coefficient (Wildman–Crippen LogP) is 3.23. The number of hydrogen-bond acceptors (Lipinski definition) is 2. The first kappa shape index (κ1) is 13.1. The van der Waals surface area contributed by atoms with Crippen LogP contribution in [0.2, 0.25) is 0 Å². The summed E-state index contributed by atoms with van der Waals surface area (Å²) in [4.78, 5) is 12.2. The lowest BCUT2D eigenvalue weighted by atomic mass is 9.97. The van der Waals surface area contributed by atoms with Crippen molar-refractivity contribution in [3.8, 4) is 0 Å². The van der Waals surface area contributed by atoms with E-state index in [1.165, 1.54) is 6.07 Å². The van der Waals surface area contributed by atoms with Crippen molar-refractivity contribution in [3.05, 3.63) is 64.5 Å². The molecule has 0 saturated carbocycles. The number of benzene rings is 2. The first-order valence-corrected chi connectivity index (χ1v) is 5.46. The first-order chi connectivity index (χ1) is 8.91. The highest BCUT2D eigenvalue weighted by Gasteiger charge is 2.20. The van der Waals surface area contributed by atoms with Crippen molar-refractivity contribution in [2.45, 2.75) is 6.92 Å². The minimum Gasteiger partial charge on any atom is -0.398 e. The molecule has 0 aromatic heterocycles. The Hall–Kier alpha value is -2.30. The van der Waals surface area contributed by atoms with Crippen molar-refractivity contribution < 1.29 is 18.0 Å². The standard InChI is InChI=1S/C14H10F3NO/c1-7-3-2-4-12(18)13(7)14(19)8-5-10(16)11(17)6-9(8)15/h2-6H,18H2,1H3. The Balaban J connectivity index is 2.60. The number of nitrogen functional groups attached to an aromatic ring is 1. The lowest BCUT2D eigenvalue weighted by molar-refractivity contribution is 0.103. The van der Waals surface area contributed by atoms with Crippen LogP contribution in [0.15, 0.2) is 30.3 Å². The molecule has 2 aromatic rings. The van der Waals surface area contributed by atoms with Crippen molar-refractivity contribution in [1.29, 1.82) is 0 Å². The van der Waals surface area contributed by atoms with Crippen molar-refractivity contribution in [3.63, 3.8) is 0 Å². The smallest absolute Gasteiger partial charge is 0.198 e. The van der Waals surface area contributed by atoms with Gasteiger partial charge in [-0.3, -0.25) is 4.79 Å². The zero-order valence-corrected chi connectivity index (χ0v) is 10.0. The second kappa shape index (κ2) is 4.76. The van der Waals surface area contributed by atoms with Crippen molar-refractivity contribution in [2.75, 3.05) is 5.73 Å². The summed E-state index contributed by atoms with van der Waals surface area (Å²) < 4.78 is 39.5. The van der Waals surface area contributed by atoms with Crippen LogP contribution < -0.4 is 5.73 Å². The molecule has 0 spiro atoms. The van der Waals surface area contributed by atoms with Gasteiger partial charge < -0.3 is 5.73 Å². The molecule has 2 N–H and O–H groups in total. The summed E-state index contributed by atoms with van der Waals surface area (Å²) in [5.41, 5.74) is 5.91. The number of anilines is 1. The van der Waals surface area contributed by atoms with Gasteiger partial charge in [0.25, 0.3) is 0 Å². The van der Waals surface area contributed by atoms with E-state index in [1.807, 2.05) is 0 Å². The molecular weight excluding hydrogens is 255 g/mol. The third kappa shape index (κ3) is 2.31. The maximum absolute atomic E-state index is 13.6. The highest BCUT2D eigenvalue weighted by Crippen LogP contribution is 2.23. The molecule has 0 bridgehead atoms. The molecule has 0 saturated heterocycles. The highest BCUT2D eigenvalue weighted by atomic mass is 19.2. The Labute approximate surface area is 107 Å². The van der Waals surface area contributed by atoms with E-state index < -0.39 is 28.8 Å². The lowest BCUT2D eigenvalue weighted by Crippen LogP contribution is -2.10. The van der Waals surface area contributed by atoms with E-state index >= 15 is 0 Å². The quantitative estimate of drug-likeness (QED) is 0.514. The fourth-order valence-corrected chi connectivity index (χ4v) is 1.83. The minimum absolute atomic E-state index is 0.0902. The van der Waals surface area contributed by atoms with Gasteiger partial charge in [-0.2, -0.15) is 0 Å². The Bertz CT molecular complexity index is 648. The second-order valence-electron chi connectivity index (χ2n) is 4.11. The summed E-state index contributed by atoms with van der Waals surface area (Å²) in [6.45, 7) is 1.63. The van der Waals surface area contributed by atoms with Crippen LogP contribution >= 0.6 is 0 Å². The van der Waals surface area contributed by atoms with Gasteiger partial charge in [0.1, 0.15) is 5.82 Å². The van der Waals surface area contributed by atoms with Gasteiger partial charge in [-0.25, -0.2) is 13.2 Å². The van der Waals surface area contributed by atoms with E-state index in [0.717, 1.165) is 0 Å². The summed E-state index contributed by atoms with van der Waals surface area (Å²) in [6, 6.07) is 5.64. The van der Waals surface area contributed by atoms with Crippen LogP contribution in [0.5, 0.6) is 0 Å². The Kier molecular flexibility index (Phi) is 3.29. The molecule has 0 radical (unpaired) electrons. The van der Waals surface area contributed by atoms with Gasteiger partial charge in [0.15, 0.2) is 17.4 Å². The monoisotopic (exact) mass is 265 g/mol. The number of rotatable bonds is 2. The summed E-state index contributed by atoms with van der Waals surface area (Å²) in [5, 5.41) is 0. The molecule has 0 aliphatic carbocycles. The van der Waals surface area contributed by atoms with Crippen LogP contribution in [0, 0.1) is 24.4 Å². The minimum atomic E-state index is -1.34. The van der Waals surface area contributed by atoms with E-state index in [1.54, 1.807) is 19.1 Å². The van der Waals surface area contributed by atoms with Crippen LogP contribution in [0.3, 0.4) is 0 Å². The van der Waals surface area contributed by atoms with E-state index in [4.69, 9.17) is 5.73 Å². The molecule has 0 amide bonds. The van der Waals surface area contributed by atoms with Gasteiger partial charge in [-0.1, -0.05) is 12.1 Å². The topological polar surface area (TPSA) is 43.1 Å². The van der Waals surface area contributed by atoms with Gasteiger partial charge in [-0.05, 0) is 24.6 Å². The number of carbonyl (C=O) groups excluding carboxylic acids is 1. The number of hydrogen-bond donors (Lipinski definition) is 1. The summed E-state index contributed by atoms with van der Waals surface area (Å²) in [5.74, 6) is -4.51. The third-order valence-corrected chi connectivity index (χ3v) is 2.79. The fraction of sp³-hybridized carbons (Fsp3) is 0.0714. The number of aryl methyl sites for hydroxylation is 1. The van der Waals surface area contributed by atoms with Gasteiger partial charge in [-0.15, -0.1) is 0 Å². The molecule has 2 aromatic carbocycles. The molecule has 19 heavy (non-hydrogen) atoms. The SMILES string of the molecule is Cc1cccc(N)c1C(=O)c1cc(F)c(F)cc1F. The molecule has 0 atom stereocenters. The third-order valence-electron chi connectivity index (χ3n) is 2.79. The van der Waals surface area contributed by atoms with Gasteiger partial charge in [0.2, 0.25) is 0 Å². The zero-order valence-electron chi connectivity index (χ0n) is 10.0. The summed E-state index contributed by atoms with van der Waals surface area (Å²) >= 11 is 0. The zero-order chi connectivity index (χ0) is 14.2. The first-order valence-electron chi connectivity index (χ1n) is 5.46. The molecule has 2 nitrogen and oxygen atoms in total. The van der Waals surface area contributed by atoms with Crippen molar-refractivity contribution in [2.24, 2.45) is 0 Å². The second-order valence-corrected chi connectivity index (χ2v) is 4.11. The molecule has 2 rings (SSSR count). The molecule has 98 valence electrons. The largest absolute Gasteiger partial charge is 0.398 e. The molecule has 5 heteroatoms. The maximum atomic E-state index is 13.6. The van der Waals surface area contributed by atoms with Gasteiger partial charge >= 0.3 is 0 Å². The van der Waals surface area contributed by atoms with Crippen LogP contribution in [-0.4, -0.2) is 5.78 Å². The number of ketones is 1. The average Bonchev–Trinajstić information content (AvgIpc) is 2.33. The van der Waals surface area contributed by atoms with E-state index in [0.29, 0.717) is 17.7 Å². The normalized spacial score (nSPS) is 10.5. The molecular formula is C14H10F3NO. The number of halogens is 3. The van der Waals surface area contributed by atoms with Crippen LogP contribution in [0.25, 0.3) is 0 Å². The van der Waals surface area contributed by atoms with Crippen LogP contribution in [-0.2, 0) is 0 Å². The molecule has 0 aliphatic rings. The maximum Gasteiger partial charge on any atom is 0.198 e. The molecule has 0 aliphatic heterocycles. The van der Waals surface area contributed by atoms with E-state index in [9.17, 15) is 18.0 Å². The van der Waals surface area contributed by atoms with E-state index in [2.05, 4.69) is 0 Å². The lowest BCUT2D eigenvalue weighted by Gasteiger charge is -2.09. The van der Waals surface area contributed by atoms with Gasteiger partial charge in [0, 0.05) is 17.3 Å². The highest BCUT2D eigenvalue weighted by molar-refractivity contribution is 6.13.